The van der Waals surface area contributed by atoms with Gasteiger partial charge in [0, 0.05) is 0 Å². The van der Waals surface area contributed by atoms with Crippen LogP contribution in [-0.4, -0.2) is 44.2 Å². The molecule has 9 heteroatoms. The molecule has 4 N–H and O–H groups in total. The van der Waals surface area contributed by atoms with Crippen LogP contribution in [-0.2, 0) is 9.59 Å². The first-order valence-electron chi connectivity index (χ1n) is 11.2. The van der Waals surface area contributed by atoms with Crippen LogP contribution in [0.3, 0.4) is 0 Å². The number of hydrazone groups is 2. The molecule has 1 aliphatic heterocycles. The van der Waals surface area contributed by atoms with Crippen LogP contribution in [0.1, 0.15) is 55.2 Å². The van der Waals surface area contributed by atoms with Gasteiger partial charge in [-0.25, -0.2) is 4.79 Å². The van der Waals surface area contributed by atoms with Crippen molar-refractivity contribution in [3.8, 4) is 5.75 Å². The van der Waals surface area contributed by atoms with Crippen molar-refractivity contribution >= 4 is 34.7 Å². The molecule has 0 bridgehead atoms. The van der Waals surface area contributed by atoms with Crippen LogP contribution >= 0.6 is 0 Å². The van der Waals surface area contributed by atoms with Crippen molar-refractivity contribution in [1.29, 1.82) is 0 Å². The Labute approximate surface area is 197 Å². The van der Waals surface area contributed by atoms with E-state index in [9.17, 15) is 24.9 Å². The number of carboxylic acids is 1. The summed E-state index contributed by atoms with van der Waals surface area (Å²) in [6, 6.07) is 10.7. The van der Waals surface area contributed by atoms with Crippen molar-refractivity contribution in [2.45, 2.75) is 58.0 Å². The van der Waals surface area contributed by atoms with Crippen LogP contribution < -0.4 is 10.4 Å². The minimum absolute atomic E-state index is 0.0169. The number of aliphatic carboxylic acids is 1. The number of nitrogens with one attached hydrogen (secondary N) is 1. The van der Waals surface area contributed by atoms with Crippen LogP contribution in [0.2, 0.25) is 0 Å². The summed E-state index contributed by atoms with van der Waals surface area (Å²) >= 11 is 0. The van der Waals surface area contributed by atoms with Crippen molar-refractivity contribution in [3.05, 3.63) is 53.1 Å². The number of carbonyl (C=O) groups is 2. The highest BCUT2D eigenvalue weighted by molar-refractivity contribution is 6.71. The van der Waals surface area contributed by atoms with Gasteiger partial charge in [-0.3, -0.25) is 10.2 Å². The lowest BCUT2D eigenvalue weighted by atomic mass is 9.75. The van der Waals surface area contributed by atoms with Gasteiger partial charge in [0.2, 0.25) is 0 Å². The van der Waals surface area contributed by atoms with Crippen molar-refractivity contribution in [1.82, 2.24) is 0 Å². The van der Waals surface area contributed by atoms with E-state index in [1.165, 1.54) is 5.01 Å². The molecule has 0 radical (unpaired) electrons. The molecule has 9 nitrogen and oxygen atoms in total. The van der Waals surface area contributed by atoms with Crippen LogP contribution in [0.5, 0.6) is 5.75 Å². The molecule has 0 spiro atoms. The molecule has 2 aromatic carbocycles. The maximum atomic E-state index is 13.0. The number of rotatable bonds is 5. The Hall–Kier alpha value is -3.72. The lowest BCUT2D eigenvalue weighted by molar-refractivity contribution is -0.162. The summed E-state index contributed by atoms with van der Waals surface area (Å²) in [4.78, 5) is 24.5. The van der Waals surface area contributed by atoms with E-state index in [1.54, 1.807) is 25.1 Å². The van der Waals surface area contributed by atoms with Crippen molar-refractivity contribution in [2.75, 3.05) is 10.4 Å². The van der Waals surface area contributed by atoms with Gasteiger partial charge in [-0.2, -0.15) is 15.2 Å². The molecular weight excluding hydrogens is 436 g/mol. The summed E-state index contributed by atoms with van der Waals surface area (Å²) in [6.07, 6.45) is 1.38. The number of aromatic hydroxyl groups is 1. The Morgan fingerprint density at radius 3 is 2.68 bits per heavy atom. The fourth-order valence-electron chi connectivity index (χ4n) is 4.47. The number of hydrogen-bond acceptors (Lipinski definition) is 7. The molecule has 0 saturated heterocycles. The number of phenolic OH excluding ortho intramolecular Hbond substituents is 1. The molecule has 2 unspecified atom stereocenters. The molecule has 1 amide bonds. The molecule has 2 atom stereocenters. The van der Waals surface area contributed by atoms with Crippen molar-refractivity contribution in [2.24, 2.45) is 10.2 Å². The summed E-state index contributed by atoms with van der Waals surface area (Å²) in [5.74, 6) is -2.04. The molecular formula is C25H28N4O5. The van der Waals surface area contributed by atoms with Gasteiger partial charge < -0.3 is 15.3 Å². The van der Waals surface area contributed by atoms with E-state index in [2.05, 4.69) is 15.6 Å². The number of benzene rings is 2. The molecule has 2 aliphatic rings. The number of carbonyl (C=O) groups excluding carboxylic acids is 1. The normalized spacial score (nSPS) is 23.8. The SMILES string of the molecule is CC1=NN(c2ccc(C)c(C)c2)C(=O)/C1=N\Nc1cccc(C2CCCC(O)(C(=O)O)C2)c1O. The van der Waals surface area contributed by atoms with Crippen LogP contribution in [0.15, 0.2) is 46.6 Å². The summed E-state index contributed by atoms with van der Waals surface area (Å²) in [5.41, 5.74) is 5.13. The second-order valence-corrected chi connectivity index (χ2v) is 9.02. The molecule has 4 rings (SSSR count). The van der Waals surface area contributed by atoms with E-state index in [1.807, 2.05) is 32.0 Å². The Bertz CT molecular complexity index is 1220. The third-order valence-corrected chi connectivity index (χ3v) is 6.64. The number of aliphatic hydroxyl groups is 1. The number of hydrogen-bond donors (Lipinski definition) is 4. The average Bonchev–Trinajstić information content (AvgIpc) is 3.08. The Morgan fingerprint density at radius 2 is 1.97 bits per heavy atom. The first-order valence-corrected chi connectivity index (χ1v) is 11.2. The summed E-state index contributed by atoms with van der Waals surface area (Å²) in [6.45, 7) is 5.64. The predicted octanol–water partition coefficient (Wildman–Crippen LogP) is 3.67. The monoisotopic (exact) mass is 464 g/mol. The van der Waals surface area contributed by atoms with E-state index in [0.717, 1.165) is 11.1 Å². The predicted molar refractivity (Wildman–Crippen MR) is 129 cm³/mol. The molecule has 1 saturated carbocycles. The average molecular weight is 465 g/mol. The van der Waals surface area contributed by atoms with Crippen LogP contribution in [0.4, 0.5) is 11.4 Å². The second-order valence-electron chi connectivity index (χ2n) is 9.02. The van der Waals surface area contributed by atoms with Crippen molar-refractivity contribution < 1.29 is 24.9 Å². The highest BCUT2D eigenvalue weighted by Gasteiger charge is 2.42. The highest BCUT2D eigenvalue weighted by Crippen LogP contribution is 2.43. The van der Waals surface area contributed by atoms with Gasteiger partial charge in [-0.1, -0.05) is 18.2 Å². The smallest absolute Gasteiger partial charge is 0.335 e. The lowest BCUT2D eigenvalue weighted by Crippen LogP contribution is -2.42. The maximum absolute atomic E-state index is 13.0. The Morgan fingerprint density at radius 1 is 1.21 bits per heavy atom. The van der Waals surface area contributed by atoms with E-state index in [4.69, 9.17) is 0 Å². The fourth-order valence-corrected chi connectivity index (χ4v) is 4.47. The standard InChI is InChI=1S/C25H28N4O5/c1-14-9-10-18(12-15(14)2)29-23(31)21(16(3)28-29)27-26-20-8-4-7-19(22(20)30)17-6-5-11-25(34,13-17)24(32)33/h4,7-10,12,17,26,30,34H,5-6,11,13H2,1-3H3,(H,32,33)/b27-21-. The molecule has 1 fully saturated rings. The van der Waals surface area contributed by atoms with E-state index in [0.29, 0.717) is 29.8 Å². The number of anilines is 2. The van der Waals surface area contributed by atoms with Gasteiger partial charge in [0.05, 0.1) is 17.1 Å². The second kappa shape index (κ2) is 8.90. The zero-order valence-electron chi connectivity index (χ0n) is 19.4. The van der Waals surface area contributed by atoms with E-state index in [-0.39, 0.29) is 41.8 Å². The van der Waals surface area contributed by atoms with Crippen molar-refractivity contribution in [3.63, 3.8) is 0 Å². The zero-order valence-corrected chi connectivity index (χ0v) is 19.4. The largest absolute Gasteiger partial charge is 0.505 e. The number of nitrogens with zero attached hydrogens (tertiary/aromatic N) is 3. The van der Waals surface area contributed by atoms with E-state index < -0.39 is 11.6 Å². The van der Waals surface area contributed by atoms with E-state index >= 15 is 0 Å². The third kappa shape index (κ3) is 4.26. The van der Waals surface area contributed by atoms with Gasteiger partial charge >= 0.3 is 11.9 Å². The molecule has 1 aliphatic carbocycles. The first-order chi connectivity index (χ1) is 16.1. The minimum atomic E-state index is -1.80. The van der Waals surface area contributed by atoms with Crippen LogP contribution in [0.25, 0.3) is 0 Å². The zero-order chi connectivity index (χ0) is 24.6. The number of amides is 1. The maximum Gasteiger partial charge on any atom is 0.335 e. The van der Waals surface area contributed by atoms with Gasteiger partial charge in [-0.05, 0) is 87.3 Å². The Balaban J connectivity index is 1.55. The first kappa shape index (κ1) is 23.4. The molecule has 1 heterocycles. The molecule has 178 valence electrons. The number of aryl methyl sites for hydroxylation is 2. The minimum Gasteiger partial charge on any atom is -0.505 e. The summed E-state index contributed by atoms with van der Waals surface area (Å²) in [5, 5.41) is 40.5. The van der Waals surface area contributed by atoms with Gasteiger partial charge in [0.1, 0.15) is 5.75 Å². The highest BCUT2D eigenvalue weighted by atomic mass is 16.4. The third-order valence-electron chi connectivity index (χ3n) is 6.64. The topological polar surface area (TPSA) is 135 Å². The van der Waals surface area contributed by atoms with Gasteiger partial charge in [0.25, 0.3) is 0 Å². The molecule has 34 heavy (non-hydrogen) atoms. The lowest BCUT2D eigenvalue weighted by Gasteiger charge is -2.34. The molecule has 2 aromatic rings. The summed E-state index contributed by atoms with van der Waals surface area (Å²) in [7, 11) is 0. The number of phenols is 1. The molecule has 0 aromatic heterocycles. The van der Waals surface area contributed by atoms with Crippen LogP contribution in [0, 0.1) is 13.8 Å². The number of para-hydroxylation sites is 1. The van der Waals surface area contributed by atoms with Gasteiger partial charge in [0.15, 0.2) is 11.3 Å². The fraction of sp³-hybridized carbons (Fsp3) is 0.360. The quantitative estimate of drug-likeness (QED) is 0.394. The summed E-state index contributed by atoms with van der Waals surface area (Å²) < 4.78 is 0. The number of carboxylic acid groups (broad SMARTS) is 1. The Kier molecular flexibility index (Phi) is 6.14. The van der Waals surface area contributed by atoms with Gasteiger partial charge in [-0.15, -0.1) is 0 Å².